The molecular weight excluding hydrogens is 198 g/mol. The van der Waals surface area contributed by atoms with Crippen LogP contribution in [0.25, 0.3) is 0 Å². The summed E-state index contributed by atoms with van der Waals surface area (Å²) in [5.74, 6) is 1.03. The van der Waals surface area contributed by atoms with Gasteiger partial charge in [-0.1, -0.05) is 0 Å². The largest absolute Gasteiger partial charge is 0.384 e. The summed E-state index contributed by atoms with van der Waals surface area (Å²) in [6.45, 7) is 3.14. The Labute approximate surface area is 96.8 Å². The number of hydrogen-bond acceptors (Lipinski definition) is 2. The minimum absolute atomic E-state index is 0.147. The zero-order valence-corrected chi connectivity index (χ0v) is 9.96. The number of rotatable bonds is 4. The first-order valence-electron chi connectivity index (χ1n) is 5.74. The normalized spacial score (nSPS) is 14.9. The molecule has 0 unspecified atom stereocenters. The Kier molecular flexibility index (Phi) is 2.86. The topological polar surface area (TPSA) is 53.1 Å². The number of nitrogens with one attached hydrogen (secondary N) is 1. The van der Waals surface area contributed by atoms with Gasteiger partial charge in [0.2, 0.25) is 0 Å². The maximum atomic E-state index is 7.44. The van der Waals surface area contributed by atoms with Gasteiger partial charge in [-0.15, -0.1) is 0 Å². The van der Waals surface area contributed by atoms with E-state index < -0.39 is 0 Å². The van der Waals surface area contributed by atoms with Crippen LogP contribution in [0.2, 0.25) is 0 Å². The Morgan fingerprint density at radius 1 is 1.50 bits per heavy atom. The highest BCUT2D eigenvalue weighted by Gasteiger charge is 2.23. The summed E-state index contributed by atoms with van der Waals surface area (Å²) in [6.07, 6.45) is 2.74. The lowest BCUT2D eigenvalue weighted by molar-refractivity contribution is 0.787. The molecule has 2 rings (SSSR count). The monoisotopic (exact) mass is 217 g/mol. The van der Waals surface area contributed by atoms with Crippen molar-refractivity contribution in [2.24, 2.45) is 11.7 Å². The number of nitrogen functional groups attached to an aromatic ring is 1. The lowest BCUT2D eigenvalue weighted by atomic mass is 10.1. The fraction of sp³-hybridized carbons (Fsp3) is 0.462. The Bertz CT molecular complexity index is 408. The van der Waals surface area contributed by atoms with E-state index in [1.165, 1.54) is 18.5 Å². The Morgan fingerprint density at radius 2 is 2.19 bits per heavy atom. The van der Waals surface area contributed by atoms with Gasteiger partial charge in [-0.3, -0.25) is 5.41 Å². The molecule has 0 heterocycles. The minimum Gasteiger partial charge on any atom is -0.384 e. The number of benzene rings is 1. The molecule has 1 aromatic rings. The molecule has 0 spiro atoms. The standard InChI is InChI=1S/C13H19N3/c1-9-7-11(5-6-12(9)13(14)15)16(2)8-10-3-4-10/h5-7,10H,3-4,8H2,1-2H3,(H3,14,15). The second-order valence-electron chi connectivity index (χ2n) is 4.74. The third-order valence-corrected chi connectivity index (χ3v) is 3.17. The van der Waals surface area contributed by atoms with Crippen LogP contribution in [-0.2, 0) is 0 Å². The Balaban J connectivity index is 2.15. The number of amidine groups is 1. The number of nitrogens with zero attached hydrogens (tertiary/aromatic N) is 1. The van der Waals surface area contributed by atoms with Crippen LogP contribution in [0.15, 0.2) is 18.2 Å². The van der Waals surface area contributed by atoms with Crippen molar-refractivity contribution in [2.45, 2.75) is 19.8 Å². The first-order chi connectivity index (χ1) is 7.58. The van der Waals surface area contributed by atoms with Gasteiger partial charge in [0.25, 0.3) is 0 Å². The van der Waals surface area contributed by atoms with E-state index in [2.05, 4.69) is 18.0 Å². The first kappa shape index (κ1) is 11.0. The van der Waals surface area contributed by atoms with E-state index in [1.807, 2.05) is 19.1 Å². The van der Waals surface area contributed by atoms with Crippen molar-refractivity contribution in [1.82, 2.24) is 0 Å². The summed E-state index contributed by atoms with van der Waals surface area (Å²) < 4.78 is 0. The predicted octanol–water partition coefficient (Wildman–Crippen LogP) is 2.13. The van der Waals surface area contributed by atoms with E-state index in [-0.39, 0.29) is 5.84 Å². The van der Waals surface area contributed by atoms with Gasteiger partial charge in [-0.05, 0) is 49.4 Å². The van der Waals surface area contributed by atoms with Crippen molar-refractivity contribution < 1.29 is 0 Å². The highest BCUT2D eigenvalue weighted by molar-refractivity contribution is 5.96. The number of aryl methyl sites for hydroxylation is 1. The van der Waals surface area contributed by atoms with Crippen LogP contribution in [0, 0.1) is 18.3 Å². The zero-order valence-electron chi connectivity index (χ0n) is 9.96. The summed E-state index contributed by atoms with van der Waals surface area (Å²) in [4.78, 5) is 2.29. The Hall–Kier alpha value is -1.51. The first-order valence-corrected chi connectivity index (χ1v) is 5.74. The zero-order chi connectivity index (χ0) is 11.7. The molecule has 0 atom stereocenters. The van der Waals surface area contributed by atoms with Gasteiger partial charge in [-0.2, -0.15) is 0 Å². The predicted molar refractivity (Wildman–Crippen MR) is 68.2 cm³/mol. The molecule has 1 fully saturated rings. The van der Waals surface area contributed by atoms with Crippen LogP contribution in [-0.4, -0.2) is 19.4 Å². The molecule has 0 saturated heterocycles. The highest BCUT2D eigenvalue weighted by atomic mass is 15.1. The molecule has 0 aliphatic heterocycles. The lowest BCUT2D eigenvalue weighted by Crippen LogP contribution is -2.20. The van der Waals surface area contributed by atoms with Gasteiger partial charge in [0.1, 0.15) is 5.84 Å². The number of hydrogen-bond donors (Lipinski definition) is 2. The average Bonchev–Trinajstić information content (AvgIpc) is 3.00. The van der Waals surface area contributed by atoms with Crippen molar-refractivity contribution in [3.63, 3.8) is 0 Å². The van der Waals surface area contributed by atoms with Crippen LogP contribution >= 0.6 is 0 Å². The van der Waals surface area contributed by atoms with Crippen LogP contribution in [0.1, 0.15) is 24.0 Å². The van der Waals surface area contributed by atoms with E-state index in [0.29, 0.717) is 0 Å². The fourth-order valence-corrected chi connectivity index (χ4v) is 1.98. The van der Waals surface area contributed by atoms with E-state index in [9.17, 15) is 0 Å². The van der Waals surface area contributed by atoms with E-state index in [1.54, 1.807) is 0 Å². The van der Waals surface area contributed by atoms with Crippen molar-refractivity contribution in [2.75, 3.05) is 18.5 Å². The molecule has 16 heavy (non-hydrogen) atoms. The van der Waals surface area contributed by atoms with Gasteiger partial charge in [0, 0.05) is 24.8 Å². The molecular formula is C13H19N3. The molecule has 1 aromatic carbocycles. The summed E-state index contributed by atoms with van der Waals surface area (Å²) in [6, 6.07) is 6.10. The molecule has 1 aliphatic carbocycles. The smallest absolute Gasteiger partial charge is 0.123 e. The second-order valence-corrected chi connectivity index (χ2v) is 4.74. The van der Waals surface area contributed by atoms with E-state index in [4.69, 9.17) is 11.1 Å². The summed E-state index contributed by atoms with van der Waals surface area (Å²) in [7, 11) is 2.13. The SMILES string of the molecule is Cc1cc(N(C)CC2CC2)ccc1C(=N)N. The van der Waals surface area contributed by atoms with Crippen LogP contribution in [0.5, 0.6) is 0 Å². The molecule has 1 aliphatic rings. The molecule has 3 nitrogen and oxygen atoms in total. The van der Waals surface area contributed by atoms with Gasteiger partial charge in [0.15, 0.2) is 0 Å². The molecule has 0 aromatic heterocycles. The molecule has 3 heteroatoms. The quantitative estimate of drug-likeness (QED) is 0.599. The molecule has 86 valence electrons. The average molecular weight is 217 g/mol. The second kappa shape index (κ2) is 4.16. The van der Waals surface area contributed by atoms with Crippen molar-refractivity contribution in [3.8, 4) is 0 Å². The van der Waals surface area contributed by atoms with Gasteiger partial charge in [0.05, 0.1) is 0 Å². The van der Waals surface area contributed by atoms with Crippen molar-refractivity contribution in [3.05, 3.63) is 29.3 Å². The van der Waals surface area contributed by atoms with Crippen LogP contribution in [0.3, 0.4) is 0 Å². The summed E-state index contributed by atoms with van der Waals surface area (Å²) >= 11 is 0. The lowest BCUT2D eigenvalue weighted by Gasteiger charge is -2.20. The van der Waals surface area contributed by atoms with Crippen LogP contribution in [0.4, 0.5) is 5.69 Å². The van der Waals surface area contributed by atoms with Gasteiger partial charge in [-0.25, -0.2) is 0 Å². The van der Waals surface area contributed by atoms with E-state index >= 15 is 0 Å². The number of nitrogens with two attached hydrogens (primary N) is 1. The third-order valence-electron chi connectivity index (χ3n) is 3.17. The third kappa shape index (κ3) is 2.35. The maximum Gasteiger partial charge on any atom is 0.123 e. The van der Waals surface area contributed by atoms with Crippen molar-refractivity contribution in [1.29, 1.82) is 5.41 Å². The molecule has 0 amide bonds. The van der Waals surface area contributed by atoms with Gasteiger partial charge >= 0.3 is 0 Å². The summed E-state index contributed by atoms with van der Waals surface area (Å²) in [5, 5.41) is 7.44. The molecule has 3 N–H and O–H groups in total. The van der Waals surface area contributed by atoms with Crippen molar-refractivity contribution >= 4 is 11.5 Å². The highest BCUT2D eigenvalue weighted by Crippen LogP contribution is 2.31. The Morgan fingerprint density at radius 3 is 2.69 bits per heavy atom. The van der Waals surface area contributed by atoms with Gasteiger partial charge < -0.3 is 10.6 Å². The summed E-state index contributed by atoms with van der Waals surface area (Å²) in [5.41, 5.74) is 8.63. The fourth-order valence-electron chi connectivity index (χ4n) is 1.98. The minimum atomic E-state index is 0.147. The maximum absolute atomic E-state index is 7.44. The number of anilines is 1. The molecule has 1 saturated carbocycles. The van der Waals surface area contributed by atoms with E-state index in [0.717, 1.165) is 23.6 Å². The molecule has 0 bridgehead atoms. The molecule has 0 radical (unpaired) electrons. The van der Waals surface area contributed by atoms with Crippen LogP contribution < -0.4 is 10.6 Å².